The monoisotopic (exact) mass is 327 g/mol. The van der Waals surface area contributed by atoms with E-state index in [1.54, 1.807) is 0 Å². The number of fused-ring (bicyclic) bond motifs is 1. The molecule has 2 heterocycles. The van der Waals surface area contributed by atoms with Crippen LogP contribution in [0.1, 0.15) is 37.4 Å². The minimum Gasteiger partial charge on any atom is -0.377 e. The van der Waals surface area contributed by atoms with Crippen LogP contribution in [-0.4, -0.2) is 44.3 Å². The topological polar surface area (TPSA) is 32.5 Å². The van der Waals surface area contributed by atoms with Crippen molar-refractivity contribution in [1.29, 1.82) is 0 Å². The summed E-state index contributed by atoms with van der Waals surface area (Å²) in [7, 11) is 6.34. The maximum absolute atomic E-state index is 5.74. The highest BCUT2D eigenvalue weighted by Crippen LogP contribution is 2.32. The van der Waals surface area contributed by atoms with Gasteiger partial charge in [0.15, 0.2) is 5.58 Å². The standard InChI is InChI=1S/C20H29N3O/c1-5-6-17-19(22(2)3)10-8-16-18(21-24-20(16)17)9-7-15-11-13-23(4)14-12-15/h5-6,8,10,15H,7,9,11-14H2,1-4H3. The lowest BCUT2D eigenvalue weighted by atomic mass is 9.91. The number of nitrogens with zero attached hydrogens (tertiary/aromatic N) is 3. The van der Waals surface area contributed by atoms with Crippen LogP contribution in [0, 0.1) is 5.92 Å². The Morgan fingerprint density at radius 1 is 1.29 bits per heavy atom. The summed E-state index contributed by atoms with van der Waals surface area (Å²) in [5, 5.41) is 5.57. The summed E-state index contributed by atoms with van der Waals surface area (Å²) in [5.74, 6) is 0.823. The molecule has 2 aromatic rings. The molecule has 1 fully saturated rings. The van der Waals surface area contributed by atoms with Gasteiger partial charge in [0.25, 0.3) is 0 Å². The summed E-state index contributed by atoms with van der Waals surface area (Å²) in [4.78, 5) is 4.55. The summed E-state index contributed by atoms with van der Waals surface area (Å²) in [6.45, 7) is 4.49. The lowest BCUT2D eigenvalue weighted by molar-refractivity contribution is 0.212. The van der Waals surface area contributed by atoms with E-state index in [2.05, 4.69) is 60.4 Å². The molecule has 0 saturated carbocycles. The molecular formula is C20H29N3O. The first-order chi connectivity index (χ1) is 11.6. The molecule has 1 aliphatic rings. The zero-order valence-corrected chi connectivity index (χ0v) is 15.4. The van der Waals surface area contributed by atoms with Gasteiger partial charge in [0.05, 0.1) is 5.69 Å². The summed E-state index contributed by atoms with van der Waals surface area (Å²) in [5.41, 5.74) is 4.31. The Kier molecular flexibility index (Phi) is 5.24. The van der Waals surface area contributed by atoms with E-state index in [9.17, 15) is 0 Å². The molecule has 0 amide bonds. The van der Waals surface area contributed by atoms with Gasteiger partial charge >= 0.3 is 0 Å². The number of rotatable bonds is 5. The minimum absolute atomic E-state index is 0.823. The highest BCUT2D eigenvalue weighted by atomic mass is 16.5. The highest BCUT2D eigenvalue weighted by Gasteiger charge is 2.19. The van der Waals surface area contributed by atoms with Gasteiger partial charge in [-0.25, -0.2) is 0 Å². The number of hydrogen-bond donors (Lipinski definition) is 0. The first-order valence-corrected chi connectivity index (χ1v) is 9.00. The largest absolute Gasteiger partial charge is 0.377 e. The number of anilines is 1. The molecule has 24 heavy (non-hydrogen) atoms. The molecule has 0 radical (unpaired) electrons. The van der Waals surface area contributed by atoms with Gasteiger partial charge in [0.1, 0.15) is 0 Å². The fourth-order valence-electron chi connectivity index (χ4n) is 3.65. The van der Waals surface area contributed by atoms with Crippen LogP contribution in [0.3, 0.4) is 0 Å². The lowest BCUT2D eigenvalue weighted by Gasteiger charge is -2.28. The Hall–Kier alpha value is -1.81. The molecule has 0 unspecified atom stereocenters. The van der Waals surface area contributed by atoms with Gasteiger partial charge in [-0.15, -0.1) is 0 Å². The van der Waals surface area contributed by atoms with Crippen molar-refractivity contribution in [3.8, 4) is 0 Å². The number of piperidine rings is 1. The second kappa shape index (κ2) is 7.39. The van der Waals surface area contributed by atoms with Crippen LogP contribution in [0.4, 0.5) is 5.69 Å². The maximum atomic E-state index is 5.74. The second-order valence-electron chi connectivity index (χ2n) is 7.18. The average Bonchev–Trinajstić information content (AvgIpc) is 2.98. The Balaban J connectivity index is 1.81. The summed E-state index contributed by atoms with van der Waals surface area (Å²) < 4.78 is 5.74. The Bertz CT molecular complexity index is 709. The van der Waals surface area contributed by atoms with E-state index in [-0.39, 0.29) is 0 Å². The van der Waals surface area contributed by atoms with Crippen molar-refractivity contribution in [1.82, 2.24) is 10.1 Å². The first kappa shape index (κ1) is 17.0. The first-order valence-electron chi connectivity index (χ1n) is 9.00. The molecule has 0 spiro atoms. The average molecular weight is 327 g/mol. The van der Waals surface area contributed by atoms with E-state index in [0.717, 1.165) is 29.2 Å². The molecule has 0 aliphatic carbocycles. The Labute approximate surface area is 145 Å². The van der Waals surface area contributed by atoms with Crippen LogP contribution in [0.2, 0.25) is 0 Å². The predicted molar refractivity (Wildman–Crippen MR) is 102 cm³/mol. The fraction of sp³-hybridized carbons (Fsp3) is 0.550. The summed E-state index contributed by atoms with van der Waals surface area (Å²) in [6.07, 6.45) is 9.01. The highest BCUT2D eigenvalue weighted by molar-refractivity contribution is 5.93. The van der Waals surface area contributed by atoms with Gasteiger partial charge in [0, 0.05) is 30.7 Å². The van der Waals surface area contributed by atoms with Crippen molar-refractivity contribution in [3.63, 3.8) is 0 Å². The van der Waals surface area contributed by atoms with E-state index < -0.39 is 0 Å². The molecule has 1 aromatic heterocycles. The Morgan fingerprint density at radius 3 is 2.71 bits per heavy atom. The van der Waals surface area contributed by atoms with Crippen molar-refractivity contribution in [2.45, 2.75) is 32.6 Å². The molecule has 1 saturated heterocycles. The number of aromatic nitrogens is 1. The number of hydrogen-bond acceptors (Lipinski definition) is 4. The third kappa shape index (κ3) is 3.48. The molecule has 3 rings (SSSR count). The van der Waals surface area contributed by atoms with Crippen LogP contribution in [-0.2, 0) is 6.42 Å². The third-order valence-corrected chi connectivity index (χ3v) is 5.17. The summed E-state index contributed by atoms with van der Waals surface area (Å²) >= 11 is 0. The molecule has 0 N–H and O–H groups in total. The van der Waals surface area contributed by atoms with Gasteiger partial charge in [-0.2, -0.15) is 0 Å². The molecule has 130 valence electrons. The molecule has 4 nitrogen and oxygen atoms in total. The van der Waals surface area contributed by atoms with Crippen molar-refractivity contribution in [2.24, 2.45) is 5.92 Å². The normalized spacial score (nSPS) is 17.2. The molecule has 1 aliphatic heterocycles. The van der Waals surface area contributed by atoms with Crippen LogP contribution in [0.5, 0.6) is 0 Å². The van der Waals surface area contributed by atoms with E-state index >= 15 is 0 Å². The molecular weight excluding hydrogens is 298 g/mol. The Morgan fingerprint density at radius 2 is 2.04 bits per heavy atom. The SMILES string of the molecule is CC=Cc1c(N(C)C)ccc2c(CCC3CCN(C)CC3)noc12. The van der Waals surface area contributed by atoms with Gasteiger partial charge in [-0.05, 0) is 70.8 Å². The van der Waals surface area contributed by atoms with E-state index in [0.29, 0.717) is 0 Å². The quantitative estimate of drug-likeness (QED) is 0.824. The molecule has 0 atom stereocenters. The maximum Gasteiger partial charge on any atom is 0.176 e. The minimum atomic E-state index is 0.823. The number of aryl methyl sites for hydroxylation is 1. The molecule has 0 bridgehead atoms. The predicted octanol–water partition coefficient (Wildman–Crippen LogP) is 4.20. The van der Waals surface area contributed by atoms with Gasteiger partial charge in [0.2, 0.25) is 0 Å². The molecule has 4 heteroatoms. The van der Waals surface area contributed by atoms with Gasteiger partial charge < -0.3 is 14.3 Å². The van der Waals surface area contributed by atoms with Gasteiger partial charge in [-0.3, -0.25) is 0 Å². The van der Waals surface area contributed by atoms with Crippen LogP contribution >= 0.6 is 0 Å². The summed E-state index contributed by atoms with van der Waals surface area (Å²) in [6, 6.07) is 4.34. The van der Waals surface area contributed by atoms with Crippen LogP contribution in [0.15, 0.2) is 22.7 Å². The van der Waals surface area contributed by atoms with E-state index in [4.69, 9.17) is 4.52 Å². The van der Waals surface area contributed by atoms with Crippen LogP contribution in [0.25, 0.3) is 17.0 Å². The van der Waals surface area contributed by atoms with E-state index in [1.807, 2.05) is 6.92 Å². The second-order valence-corrected chi connectivity index (χ2v) is 7.18. The van der Waals surface area contributed by atoms with Crippen molar-refractivity contribution in [3.05, 3.63) is 29.5 Å². The third-order valence-electron chi connectivity index (χ3n) is 5.17. The van der Waals surface area contributed by atoms with Crippen molar-refractivity contribution in [2.75, 3.05) is 39.1 Å². The van der Waals surface area contributed by atoms with Crippen molar-refractivity contribution >= 4 is 22.7 Å². The zero-order valence-electron chi connectivity index (χ0n) is 15.4. The van der Waals surface area contributed by atoms with Crippen LogP contribution < -0.4 is 4.90 Å². The zero-order chi connectivity index (χ0) is 17.1. The number of benzene rings is 1. The number of allylic oxidation sites excluding steroid dienone is 1. The smallest absolute Gasteiger partial charge is 0.176 e. The van der Waals surface area contributed by atoms with E-state index in [1.165, 1.54) is 43.4 Å². The van der Waals surface area contributed by atoms with Gasteiger partial charge in [-0.1, -0.05) is 17.3 Å². The lowest BCUT2D eigenvalue weighted by Crippen LogP contribution is -2.30. The molecule has 1 aromatic carbocycles. The fourth-order valence-corrected chi connectivity index (χ4v) is 3.65. The van der Waals surface area contributed by atoms with Crippen molar-refractivity contribution < 1.29 is 4.52 Å². The number of likely N-dealkylation sites (tertiary alicyclic amines) is 1.